The van der Waals surface area contributed by atoms with Crippen molar-refractivity contribution in [1.82, 2.24) is 19.7 Å². The van der Waals surface area contributed by atoms with Crippen molar-refractivity contribution in [2.45, 2.75) is 13.5 Å². The fraction of sp³-hybridized carbons (Fsp3) is 0.364. The summed E-state index contributed by atoms with van der Waals surface area (Å²) in [7, 11) is 1.75. The lowest BCUT2D eigenvalue weighted by molar-refractivity contribution is -0.384. The number of rotatable bonds is 6. The summed E-state index contributed by atoms with van der Waals surface area (Å²) in [5.41, 5.74) is -0.0809. The van der Waals surface area contributed by atoms with Crippen LogP contribution in [0.1, 0.15) is 12.7 Å². The van der Waals surface area contributed by atoms with Crippen LogP contribution in [-0.4, -0.2) is 31.2 Å². The van der Waals surface area contributed by atoms with Crippen molar-refractivity contribution >= 4 is 17.3 Å². The van der Waals surface area contributed by atoms with Crippen LogP contribution in [0.4, 0.5) is 17.3 Å². The van der Waals surface area contributed by atoms with E-state index in [1.807, 2.05) is 6.92 Å². The van der Waals surface area contributed by atoms with Crippen LogP contribution in [0.2, 0.25) is 0 Å². The van der Waals surface area contributed by atoms with E-state index >= 15 is 0 Å². The monoisotopic (exact) mass is 277 g/mol. The molecular formula is C11H15N7O2. The van der Waals surface area contributed by atoms with E-state index < -0.39 is 4.92 Å². The molecule has 0 fully saturated rings. The molecule has 0 spiro atoms. The van der Waals surface area contributed by atoms with E-state index in [0.29, 0.717) is 18.2 Å². The second-order valence-electron chi connectivity index (χ2n) is 4.04. The first-order valence-corrected chi connectivity index (χ1v) is 6.08. The molecule has 2 aromatic heterocycles. The van der Waals surface area contributed by atoms with E-state index in [1.165, 1.54) is 6.07 Å². The van der Waals surface area contributed by atoms with E-state index in [1.54, 1.807) is 24.1 Å². The smallest absolute Gasteiger partial charge is 0.311 e. The number of nitrogens with one attached hydrogen (secondary N) is 2. The van der Waals surface area contributed by atoms with Crippen LogP contribution in [0.5, 0.6) is 0 Å². The summed E-state index contributed by atoms with van der Waals surface area (Å²) in [6.45, 7) is 2.88. The van der Waals surface area contributed by atoms with Gasteiger partial charge in [-0.05, 0) is 13.0 Å². The molecule has 0 unspecified atom stereocenters. The van der Waals surface area contributed by atoms with E-state index in [4.69, 9.17) is 0 Å². The molecule has 0 amide bonds. The lowest BCUT2D eigenvalue weighted by Crippen LogP contribution is -2.08. The summed E-state index contributed by atoms with van der Waals surface area (Å²) in [5.74, 6) is 1.31. The quantitative estimate of drug-likeness (QED) is 0.602. The van der Waals surface area contributed by atoms with Crippen LogP contribution < -0.4 is 10.6 Å². The number of nitrogens with zero attached hydrogens (tertiary/aromatic N) is 5. The van der Waals surface area contributed by atoms with E-state index in [9.17, 15) is 10.1 Å². The first-order chi connectivity index (χ1) is 9.60. The van der Waals surface area contributed by atoms with Crippen molar-refractivity contribution in [2.75, 3.05) is 17.2 Å². The zero-order chi connectivity index (χ0) is 14.5. The van der Waals surface area contributed by atoms with E-state index in [2.05, 4.69) is 25.7 Å². The zero-order valence-corrected chi connectivity index (χ0v) is 11.2. The summed E-state index contributed by atoms with van der Waals surface area (Å²) in [6, 6.07) is 2.99. The zero-order valence-electron chi connectivity index (χ0n) is 11.2. The maximum absolute atomic E-state index is 11.0. The van der Waals surface area contributed by atoms with Gasteiger partial charge in [-0.15, -0.1) is 0 Å². The SMILES string of the molecule is CCNc1ccc([N+](=O)[O-])c(NCc2ncn(C)n2)n1. The number of pyridine rings is 1. The lowest BCUT2D eigenvalue weighted by atomic mass is 10.3. The third-order valence-corrected chi connectivity index (χ3v) is 2.49. The van der Waals surface area contributed by atoms with Gasteiger partial charge in [-0.3, -0.25) is 14.8 Å². The Labute approximate surface area is 115 Å². The summed E-state index contributed by atoms with van der Waals surface area (Å²) < 4.78 is 1.56. The Kier molecular flexibility index (Phi) is 4.08. The van der Waals surface area contributed by atoms with Crippen molar-refractivity contribution in [3.05, 3.63) is 34.4 Å². The topological polar surface area (TPSA) is 111 Å². The summed E-state index contributed by atoms with van der Waals surface area (Å²) in [6.07, 6.45) is 1.56. The maximum atomic E-state index is 11.0. The summed E-state index contributed by atoms with van der Waals surface area (Å²) in [4.78, 5) is 18.7. The van der Waals surface area contributed by atoms with Crippen LogP contribution in [0.15, 0.2) is 18.5 Å². The van der Waals surface area contributed by atoms with Gasteiger partial charge in [-0.1, -0.05) is 0 Å². The van der Waals surface area contributed by atoms with Gasteiger partial charge in [-0.25, -0.2) is 9.97 Å². The standard InChI is InChI=1S/C11H15N7O2/c1-3-12-9-5-4-8(18(19)20)11(15-9)13-6-10-14-7-17(2)16-10/h4-5,7H,3,6H2,1-2H3,(H2,12,13,15). The minimum atomic E-state index is -0.475. The first kappa shape index (κ1) is 13.7. The number of hydrogen-bond acceptors (Lipinski definition) is 7. The Hall–Kier alpha value is -2.71. The predicted molar refractivity (Wildman–Crippen MR) is 73.4 cm³/mol. The highest BCUT2D eigenvalue weighted by molar-refractivity contribution is 5.60. The van der Waals surface area contributed by atoms with Crippen molar-refractivity contribution < 1.29 is 4.92 Å². The van der Waals surface area contributed by atoms with E-state index in [-0.39, 0.29) is 18.1 Å². The molecule has 9 heteroatoms. The van der Waals surface area contributed by atoms with Gasteiger partial charge in [0.05, 0.1) is 11.5 Å². The van der Waals surface area contributed by atoms with Gasteiger partial charge in [0.1, 0.15) is 12.1 Å². The number of aryl methyl sites for hydroxylation is 1. The molecule has 0 aliphatic heterocycles. The Morgan fingerprint density at radius 3 is 2.80 bits per heavy atom. The molecule has 2 rings (SSSR count). The van der Waals surface area contributed by atoms with Crippen LogP contribution >= 0.6 is 0 Å². The molecule has 106 valence electrons. The second kappa shape index (κ2) is 5.95. The van der Waals surface area contributed by atoms with Crippen molar-refractivity contribution in [1.29, 1.82) is 0 Å². The van der Waals surface area contributed by atoms with Crippen LogP contribution in [0.3, 0.4) is 0 Å². The highest BCUT2D eigenvalue weighted by Gasteiger charge is 2.16. The minimum Gasteiger partial charge on any atom is -0.370 e. The average molecular weight is 277 g/mol. The van der Waals surface area contributed by atoms with Gasteiger partial charge in [0.15, 0.2) is 5.82 Å². The Morgan fingerprint density at radius 1 is 1.40 bits per heavy atom. The fourth-order valence-electron chi connectivity index (χ4n) is 1.64. The third-order valence-electron chi connectivity index (χ3n) is 2.49. The first-order valence-electron chi connectivity index (χ1n) is 6.08. The van der Waals surface area contributed by atoms with Crippen molar-refractivity contribution in [3.8, 4) is 0 Å². The molecule has 2 heterocycles. The molecule has 20 heavy (non-hydrogen) atoms. The molecule has 0 saturated carbocycles. The second-order valence-corrected chi connectivity index (χ2v) is 4.04. The highest BCUT2D eigenvalue weighted by Crippen LogP contribution is 2.24. The average Bonchev–Trinajstić information content (AvgIpc) is 2.82. The molecule has 2 aromatic rings. The highest BCUT2D eigenvalue weighted by atomic mass is 16.6. The van der Waals surface area contributed by atoms with Crippen LogP contribution in [0.25, 0.3) is 0 Å². The molecule has 9 nitrogen and oxygen atoms in total. The summed E-state index contributed by atoms with van der Waals surface area (Å²) >= 11 is 0. The van der Waals surface area contributed by atoms with Crippen LogP contribution in [0, 0.1) is 10.1 Å². The molecule has 0 saturated heterocycles. The fourth-order valence-corrected chi connectivity index (χ4v) is 1.64. The number of anilines is 2. The normalized spacial score (nSPS) is 10.3. The van der Waals surface area contributed by atoms with Gasteiger partial charge < -0.3 is 10.6 Å². The molecule has 0 bridgehead atoms. The van der Waals surface area contributed by atoms with Gasteiger partial charge in [-0.2, -0.15) is 5.10 Å². The van der Waals surface area contributed by atoms with Gasteiger partial charge >= 0.3 is 5.69 Å². The molecule has 0 atom stereocenters. The molecule has 0 radical (unpaired) electrons. The Balaban J connectivity index is 2.18. The maximum Gasteiger partial charge on any atom is 0.311 e. The largest absolute Gasteiger partial charge is 0.370 e. The predicted octanol–water partition coefficient (Wildman–Crippen LogP) is 1.16. The third kappa shape index (κ3) is 3.19. The van der Waals surface area contributed by atoms with Crippen molar-refractivity contribution in [2.24, 2.45) is 7.05 Å². The molecule has 0 aliphatic rings. The van der Waals surface area contributed by atoms with Gasteiger partial charge in [0.2, 0.25) is 5.82 Å². The van der Waals surface area contributed by atoms with E-state index in [0.717, 1.165) is 0 Å². The number of nitro groups is 1. The minimum absolute atomic E-state index is 0.0809. The lowest BCUT2D eigenvalue weighted by Gasteiger charge is -2.07. The van der Waals surface area contributed by atoms with Gasteiger partial charge in [0, 0.05) is 19.7 Å². The Morgan fingerprint density at radius 2 is 2.20 bits per heavy atom. The van der Waals surface area contributed by atoms with Crippen molar-refractivity contribution in [3.63, 3.8) is 0 Å². The molecule has 0 aliphatic carbocycles. The summed E-state index contributed by atoms with van der Waals surface area (Å²) in [5, 5.41) is 21.0. The molecule has 0 aromatic carbocycles. The Bertz CT molecular complexity index is 611. The van der Waals surface area contributed by atoms with Crippen LogP contribution in [-0.2, 0) is 13.6 Å². The van der Waals surface area contributed by atoms with Gasteiger partial charge in [0.25, 0.3) is 0 Å². The number of hydrogen-bond donors (Lipinski definition) is 2. The molecular weight excluding hydrogens is 262 g/mol. The molecule has 2 N–H and O–H groups in total. The number of aromatic nitrogens is 4.